The molecule has 2 aromatic heterocycles. The fourth-order valence-electron chi connectivity index (χ4n) is 8.79. The summed E-state index contributed by atoms with van der Waals surface area (Å²) < 4.78 is 84.6. The van der Waals surface area contributed by atoms with E-state index >= 15 is 8.78 Å². The Morgan fingerprint density at radius 3 is 2.42 bits per heavy atom. The van der Waals surface area contributed by atoms with E-state index in [1.807, 2.05) is 22.9 Å². The monoisotopic (exact) mass is 940 g/mol. The first-order chi connectivity index (χ1) is 32.3. The zero-order chi connectivity index (χ0) is 47.0. The van der Waals surface area contributed by atoms with Gasteiger partial charge in [0.05, 0.1) is 35.6 Å². The maximum absolute atomic E-state index is 15.7. The van der Waals surface area contributed by atoms with Gasteiger partial charge in [-0.15, -0.1) is 0 Å². The number of hydrogen-bond acceptors (Lipinski definition) is 11. The number of fused-ring (bicyclic) bond motifs is 2. The van der Waals surface area contributed by atoms with Crippen molar-refractivity contribution < 1.29 is 50.2 Å². The molecule has 9 rings (SSSR count). The highest BCUT2D eigenvalue weighted by Crippen LogP contribution is 2.33. The number of amides is 3. The molecule has 6 heterocycles. The lowest BCUT2D eigenvalue weighted by atomic mass is 10.00. The van der Waals surface area contributed by atoms with Crippen LogP contribution in [0.3, 0.4) is 0 Å². The van der Waals surface area contributed by atoms with Crippen LogP contribution in [0.25, 0.3) is 22.2 Å². The van der Waals surface area contributed by atoms with Gasteiger partial charge >= 0.3 is 10.2 Å². The van der Waals surface area contributed by atoms with Crippen LogP contribution in [0.1, 0.15) is 62.3 Å². The van der Waals surface area contributed by atoms with Crippen LogP contribution in [0.15, 0.2) is 85.3 Å². The Bertz CT molecular complexity index is 2890. The zero-order valence-electron chi connectivity index (χ0n) is 36.2. The van der Waals surface area contributed by atoms with Crippen molar-refractivity contribution in [2.24, 2.45) is 0 Å². The largest absolute Gasteiger partial charge is 0.494 e. The van der Waals surface area contributed by atoms with Gasteiger partial charge in [0, 0.05) is 99.1 Å². The Kier molecular flexibility index (Phi) is 12.9. The van der Waals surface area contributed by atoms with Crippen molar-refractivity contribution in [1.82, 2.24) is 29.4 Å². The second-order valence-electron chi connectivity index (χ2n) is 16.8. The van der Waals surface area contributed by atoms with Crippen molar-refractivity contribution >= 4 is 56.1 Å². The van der Waals surface area contributed by atoms with Crippen LogP contribution in [0.4, 0.5) is 24.5 Å². The van der Waals surface area contributed by atoms with Gasteiger partial charge in [-0.05, 0) is 73.4 Å². The molecule has 4 aliphatic rings. The number of pyridine rings is 1. The van der Waals surface area contributed by atoms with Gasteiger partial charge in [-0.3, -0.25) is 33.7 Å². The van der Waals surface area contributed by atoms with E-state index in [4.69, 9.17) is 9.47 Å². The van der Waals surface area contributed by atoms with Gasteiger partial charge in [0.2, 0.25) is 11.7 Å². The Morgan fingerprint density at radius 1 is 0.896 bits per heavy atom. The molecule has 3 fully saturated rings. The first kappa shape index (κ1) is 45.5. The van der Waals surface area contributed by atoms with Crippen LogP contribution in [0.2, 0.25) is 0 Å². The van der Waals surface area contributed by atoms with Crippen LogP contribution in [0, 0.1) is 11.6 Å². The summed E-state index contributed by atoms with van der Waals surface area (Å²) in [5.74, 6) is -4.28. The molecule has 0 spiro atoms. The summed E-state index contributed by atoms with van der Waals surface area (Å²) in [5.41, 5.74) is 2.04. The molecule has 1 unspecified atom stereocenters. The number of aromatic amines is 1. The molecule has 16 nitrogen and oxygen atoms in total. The Balaban J connectivity index is 0.717. The number of carbonyl (C=O) groups excluding carboxylic acids is 4. The number of aromatic nitrogens is 2. The predicted octanol–water partition coefficient (Wildman–Crippen LogP) is 5.44. The maximum Gasteiger partial charge on any atom is 0.301 e. The molecule has 3 amide bonds. The summed E-state index contributed by atoms with van der Waals surface area (Å²) in [6.45, 7) is 8.57. The van der Waals surface area contributed by atoms with Gasteiger partial charge in [-0.2, -0.15) is 12.7 Å². The molecular formula is C47H47F3N8O8S. The number of nitrogens with zero attached hydrogens (tertiary/aromatic N) is 5. The average Bonchev–Trinajstić information content (AvgIpc) is 4.03. The molecule has 3 aromatic carbocycles. The lowest BCUT2D eigenvalue weighted by Crippen LogP contribution is -2.51. The van der Waals surface area contributed by atoms with Crippen molar-refractivity contribution in [2.75, 3.05) is 75.3 Å². The molecule has 0 radical (unpaired) electrons. The summed E-state index contributed by atoms with van der Waals surface area (Å²) in [5, 5.41) is 2.95. The normalized spacial score (nSPS) is 19.3. The molecule has 0 aliphatic carbocycles. The number of alkyl halides is 1. The van der Waals surface area contributed by atoms with Gasteiger partial charge in [0.1, 0.15) is 29.4 Å². The van der Waals surface area contributed by atoms with Crippen LogP contribution in [-0.4, -0.2) is 134 Å². The van der Waals surface area contributed by atoms with Crippen molar-refractivity contribution in [3.63, 3.8) is 0 Å². The van der Waals surface area contributed by atoms with Crippen LogP contribution >= 0.6 is 0 Å². The number of benzene rings is 3. The summed E-state index contributed by atoms with van der Waals surface area (Å²) in [6, 6.07) is 15.0. The molecule has 3 N–H and O–H groups in total. The Hall–Kier alpha value is -6.61. The van der Waals surface area contributed by atoms with Gasteiger partial charge in [0.25, 0.3) is 11.8 Å². The number of H-pyrrole nitrogens is 1. The summed E-state index contributed by atoms with van der Waals surface area (Å²) in [7, 11) is -4.36. The van der Waals surface area contributed by atoms with E-state index in [-0.39, 0.29) is 18.5 Å². The highest BCUT2D eigenvalue weighted by molar-refractivity contribution is 7.90. The number of piperidine rings is 1. The van der Waals surface area contributed by atoms with Crippen LogP contribution in [0.5, 0.6) is 5.75 Å². The first-order valence-electron chi connectivity index (χ1n) is 22.0. The van der Waals surface area contributed by atoms with Crippen molar-refractivity contribution in [3.05, 3.63) is 119 Å². The molecule has 4 aliphatic heterocycles. The quantitative estimate of drug-likeness (QED) is 0.0651. The minimum absolute atomic E-state index is 0.00558. The second-order valence-corrected chi connectivity index (χ2v) is 18.5. The highest BCUT2D eigenvalue weighted by Gasteiger charge is 2.44. The molecule has 5 aromatic rings. The molecule has 350 valence electrons. The fraction of sp³-hybridized carbons (Fsp3) is 0.340. The molecule has 20 heteroatoms. The number of rotatable bonds is 16. The van der Waals surface area contributed by atoms with Gasteiger partial charge in [-0.1, -0.05) is 18.7 Å². The van der Waals surface area contributed by atoms with E-state index in [1.165, 1.54) is 6.20 Å². The standard InChI is InChI=1S/C47H47F3N8O8S/c1-28-3-12-40(45(60)53-28)58-46(61)34-9-6-32(24-36(34)47(58)62)56-17-15-55(16-18-56)19-22-65-20-2-21-66-33-7-4-29(5-8-33)30-23-35-37(26-52-44(35)51-25-30)43(59)41-38(49)10-11-39(42(41)50)54-67(63,64)57-14-13-31(48)27-57/h4-11,23-26,31,40,54H,1-3,12-22,27H2,(H,51,52)(H,53,60)/t31-,40?/m1/s1. The van der Waals surface area contributed by atoms with Crippen LogP contribution in [-0.2, 0) is 19.7 Å². The number of carbonyl (C=O) groups is 4. The lowest BCUT2D eigenvalue weighted by molar-refractivity contribution is -0.125. The number of nitrogens with one attached hydrogen (secondary N) is 3. The van der Waals surface area contributed by atoms with E-state index in [0.717, 1.165) is 65.3 Å². The zero-order valence-corrected chi connectivity index (χ0v) is 37.1. The summed E-state index contributed by atoms with van der Waals surface area (Å²) in [6.07, 6.45) is 3.03. The van der Waals surface area contributed by atoms with Crippen molar-refractivity contribution in [3.8, 4) is 16.9 Å². The summed E-state index contributed by atoms with van der Waals surface area (Å²) >= 11 is 0. The number of hydrogen-bond donors (Lipinski definition) is 3. The number of piperazine rings is 1. The molecular weight excluding hydrogens is 894 g/mol. The topological polar surface area (TPSA) is 187 Å². The van der Waals surface area contributed by atoms with E-state index in [1.54, 1.807) is 36.5 Å². The van der Waals surface area contributed by atoms with Gasteiger partial charge in [0.15, 0.2) is 5.82 Å². The predicted molar refractivity (Wildman–Crippen MR) is 242 cm³/mol. The molecule has 0 bridgehead atoms. The van der Waals surface area contributed by atoms with Crippen molar-refractivity contribution in [2.45, 2.75) is 37.9 Å². The lowest BCUT2D eigenvalue weighted by Gasteiger charge is -2.36. The first-order valence-corrected chi connectivity index (χ1v) is 23.4. The number of anilines is 2. The van der Waals surface area contributed by atoms with Crippen molar-refractivity contribution in [1.29, 1.82) is 0 Å². The van der Waals surface area contributed by atoms with Gasteiger partial charge < -0.3 is 24.7 Å². The molecule has 2 atom stereocenters. The van der Waals surface area contributed by atoms with E-state index < -0.39 is 75.4 Å². The number of ketones is 1. The third kappa shape index (κ3) is 9.38. The molecule has 67 heavy (non-hydrogen) atoms. The SMILES string of the molecule is C=C1CCC(N2C(=O)c3ccc(N4CCN(CCOCCCOc5ccc(-c6cnc7[nH]cc(C(=O)c8c(F)ccc(NS(=O)(=O)N9CC[C@@H](F)C9)c8F)c7c6)cc5)CC4)cc3C2=O)C(=O)N1. The van der Waals surface area contributed by atoms with E-state index in [2.05, 4.69) is 31.7 Å². The third-order valence-electron chi connectivity index (χ3n) is 12.5. The number of ether oxygens (including phenoxy) is 2. The molecule has 0 saturated carbocycles. The number of imide groups is 1. The number of allylic oxidation sites excluding steroid dienone is 1. The molecule has 3 saturated heterocycles. The minimum Gasteiger partial charge on any atom is -0.494 e. The fourth-order valence-corrected chi connectivity index (χ4v) is 10.1. The third-order valence-corrected chi connectivity index (χ3v) is 14.0. The second kappa shape index (κ2) is 18.9. The minimum atomic E-state index is -4.36. The van der Waals surface area contributed by atoms with Gasteiger partial charge in [-0.25, -0.2) is 18.2 Å². The van der Waals surface area contributed by atoms with E-state index in [0.29, 0.717) is 78.3 Å². The Morgan fingerprint density at radius 2 is 1.67 bits per heavy atom. The smallest absolute Gasteiger partial charge is 0.301 e. The van der Waals surface area contributed by atoms with E-state index in [9.17, 15) is 32.0 Å². The van der Waals surface area contributed by atoms with Crippen LogP contribution < -0.4 is 19.7 Å². The summed E-state index contributed by atoms with van der Waals surface area (Å²) in [4.78, 5) is 65.5. The average molecular weight is 941 g/mol. The highest BCUT2D eigenvalue weighted by atomic mass is 32.2. The number of halogens is 3. The Labute approximate surface area is 383 Å². The maximum atomic E-state index is 15.7.